The van der Waals surface area contributed by atoms with Gasteiger partial charge < -0.3 is 14.4 Å². The minimum atomic E-state index is -0.199. The van der Waals surface area contributed by atoms with Crippen LogP contribution in [0.2, 0.25) is 0 Å². The number of morpholine rings is 1. The quantitative estimate of drug-likeness (QED) is 0.552. The Morgan fingerprint density at radius 1 is 1.10 bits per heavy atom. The van der Waals surface area contributed by atoms with Gasteiger partial charge >= 0.3 is 0 Å². The lowest BCUT2D eigenvalue weighted by molar-refractivity contribution is -0.0433. The number of hydrogen-bond acceptors (Lipinski definition) is 6. The van der Waals surface area contributed by atoms with E-state index in [-0.39, 0.29) is 23.6 Å². The molecule has 200 valence electrons. The molecule has 4 aliphatic rings. The first-order chi connectivity index (χ1) is 19.1. The van der Waals surface area contributed by atoms with Crippen molar-refractivity contribution in [3.63, 3.8) is 0 Å². The predicted molar refractivity (Wildman–Crippen MR) is 148 cm³/mol. The van der Waals surface area contributed by atoms with Gasteiger partial charge in [0.25, 0.3) is 11.5 Å². The van der Waals surface area contributed by atoms with Crippen molar-refractivity contribution >= 4 is 16.7 Å². The number of carbonyl (C=O) groups excluding carboxylic acids is 1. The number of hydrogen-bond donors (Lipinski definition) is 1. The zero-order valence-corrected chi connectivity index (χ0v) is 21.9. The van der Waals surface area contributed by atoms with Crippen molar-refractivity contribution in [3.05, 3.63) is 92.9 Å². The van der Waals surface area contributed by atoms with E-state index in [1.54, 1.807) is 0 Å². The van der Waals surface area contributed by atoms with Gasteiger partial charge in [0.05, 0.1) is 42.0 Å². The van der Waals surface area contributed by atoms with Gasteiger partial charge in [-0.15, -0.1) is 0 Å². The van der Waals surface area contributed by atoms with E-state index in [2.05, 4.69) is 39.4 Å². The van der Waals surface area contributed by atoms with E-state index >= 15 is 0 Å². The van der Waals surface area contributed by atoms with Crippen molar-refractivity contribution in [2.45, 2.75) is 37.8 Å². The molecule has 39 heavy (non-hydrogen) atoms. The van der Waals surface area contributed by atoms with Crippen LogP contribution in [-0.4, -0.2) is 77.4 Å². The number of aromatic amines is 1. The molecule has 0 bridgehead atoms. The topological polar surface area (TPSA) is 87.8 Å². The lowest BCUT2D eigenvalue weighted by atomic mass is 9.98. The molecular weight excluding hydrogens is 492 g/mol. The minimum absolute atomic E-state index is 0.0102. The summed E-state index contributed by atoms with van der Waals surface area (Å²) < 4.78 is 12.1. The van der Waals surface area contributed by atoms with Crippen molar-refractivity contribution in [3.8, 4) is 5.75 Å². The van der Waals surface area contributed by atoms with E-state index in [4.69, 9.17) is 9.47 Å². The highest BCUT2D eigenvalue weighted by atomic mass is 16.5. The summed E-state index contributed by atoms with van der Waals surface area (Å²) in [5.74, 6) is 0.692. The zero-order chi connectivity index (χ0) is 26.3. The van der Waals surface area contributed by atoms with E-state index in [0.29, 0.717) is 49.4 Å². The number of likely N-dealkylation sites (tertiary alicyclic amines) is 1. The average Bonchev–Trinajstić information content (AvgIpc) is 3.62. The fraction of sp³-hybridized carbons (Fsp3) is 0.387. The van der Waals surface area contributed by atoms with Crippen LogP contribution in [-0.2, 0) is 17.6 Å². The van der Waals surface area contributed by atoms with Crippen LogP contribution in [0.3, 0.4) is 0 Å². The fourth-order valence-electron chi connectivity index (χ4n) is 6.44. The van der Waals surface area contributed by atoms with Crippen LogP contribution in [0.5, 0.6) is 5.75 Å². The number of rotatable bonds is 5. The third-order valence-corrected chi connectivity index (χ3v) is 8.38. The van der Waals surface area contributed by atoms with Gasteiger partial charge in [-0.3, -0.25) is 14.5 Å². The first-order valence-corrected chi connectivity index (χ1v) is 13.9. The van der Waals surface area contributed by atoms with Gasteiger partial charge in [-0.1, -0.05) is 42.5 Å². The summed E-state index contributed by atoms with van der Waals surface area (Å²) >= 11 is 0. The summed E-state index contributed by atoms with van der Waals surface area (Å²) in [6.07, 6.45) is 10.3. The zero-order valence-electron chi connectivity index (χ0n) is 21.9. The molecular formula is C31H32N4O4. The number of fused-ring (bicyclic) bond motifs is 3. The molecule has 2 saturated heterocycles. The third-order valence-electron chi connectivity index (χ3n) is 8.38. The number of nitrogens with one attached hydrogen (secondary N) is 1. The first kappa shape index (κ1) is 24.3. The molecule has 8 nitrogen and oxygen atoms in total. The Morgan fingerprint density at radius 3 is 2.87 bits per heavy atom. The number of carbonyl (C=O) groups is 1. The molecule has 1 aromatic heterocycles. The summed E-state index contributed by atoms with van der Waals surface area (Å²) in [6.45, 7) is 4.27. The SMILES string of the molecule is O=C(c1cc(Cc2n[nH]c(=O)c3ccccc23)cc2c1OCC2)N1CC2OCCN(CC3=CCCC=C3)C2C1. The number of allylic oxidation sites excluding steroid dienone is 2. The number of aromatic nitrogens is 2. The van der Waals surface area contributed by atoms with Gasteiger partial charge in [-0.25, -0.2) is 5.10 Å². The van der Waals surface area contributed by atoms with Crippen LogP contribution < -0.4 is 10.3 Å². The van der Waals surface area contributed by atoms with Crippen LogP contribution in [0.4, 0.5) is 0 Å². The Hall–Kier alpha value is -3.75. The Kier molecular flexibility index (Phi) is 6.29. The molecule has 2 unspecified atom stereocenters. The Balaban J connectivity index is 1.15. The summed E-state index contributed by atoms with van der Waals surface area (Å²) in [6, 6.07) is 11.8. The van der Waals surface area contributed by atoms with Crippen molar-refractivity contribution in [2.24, 2.45) is 0 Å². The summed E-state index contributed by atoms with van der Waals surface area (Å²) in [5, 5.41) is 8.43. The van der Waals surface area contributed by atoms with Gasteiger partial charge in [-0.05, 0) is 41.7 Å². The number of ether oxygens (including phenoxy) is 2. The van der Waals surface area contributed by atoms with Crippen molar-refractivity contribution in [2.75, 3.05) is 39.4 Å². The Bertz CT molecular complexity index is 1560. The normalized spacial score (nSPS) is 22.5. The summed E-state index contributed by atoms with van der Waals surface area (Å²) in [7, 11) is 0. The highest BCUT2D eigenvalue weighted by molar-refractivity contribution is 5.98. The molecule has 3 aromatic rings. The van der Waals surface area contributed by atoms with E-state index in [1.165, 1.54) is 5.57 Å². The molecule has 8 heteroatoms. The number of H-pyrrole nitrogens is 1. The first-order valence-electron chi connectivity index (χ1n) is 13.9. The number of benzene rings is 2. The maximum absolute atomic E-state index is 14.0. The number of amides is 1. The Morgan fingerprint density at radius 2 is 2.00 bits per heavy atom. The molecule has 2 aromatic carbocycles. The van der Waals surface area contributed by atoms with Gasteiger partial charge in [0, 0.05) is 44.4 Å². The molecule has 0 radical (unpaired) electrons. The summed E-state index contributed by atoms with van der Waals surface area (Å²) in [4.78, 5) is 30.7. The molecule has 1 aliphatic carbocycles. The maximum atomic E-state index is 14.0. The van der Waals surface area contributed by atoms with Crippen molar-refractivity contribution in [1.82, 2.24) is 20.0 Å². The molecule has 2 fully saturated rings. The minimum Gasteiger partial charge on any atom is -0.492 e. The van der Waals surface area contributed by atoms with Crippen LogP contribution in [0.25, 0.3) is 10.8 Å². The van der Waals surface area contributed by atoms with Gasteiger partial charge in [0.2, 0.25) is 0 Å². The van der Waals surface area contributed by atoms with Gasteiger partial charge in [-0.2, -0.15) is 5.10 Å². The Labute approximate surface area is 226 Å². The molecule has 3 aliphatic heterocycles. The van der Waals surface area contributed by atoms with Gasteiger partial charge in [0.1, 0.15) is 5.75 Å². The summed E-state index contributed by atoms with van der Waals surface area (Å²) in [5.41, 5.74) is 4.58. The molecule has 7 rings (SSSR count). The second-order valence-corrected chi connectivity index (χ2v) is 10.9. The third kappa shape index (κ3) is 4.57. The highest BCUT2D eigenvalue weighted by Crippen LogP contribution is 2.35. The monoisotopic (exact) mass is 524 g/mol. The number of nitrogens with zero attached hydrogens (tertiary/aromatic N) is 3. The standard InChI is InChI=1S/C31H32N4O4/c36-30-24-9-5-4-8-23(24)26(32-33-30)16-21-14-22-10-12-39-29(22)25(15-21)31(37)35-18-27-28(19-35)38-13-11-34(27)17-20-6-2-1-3-7-20/h2,4-9,14-15,27-28H,1,3,10-13,16-19H2,(H,33,36). The van der Waals surface area contributed by atoms with Crippen LogP contribution >= 0.6 is 0 Å². The largest absolute Gasteiger partial charge is 0.492 e. The molecule has 2 atom stereocenters. The van der Waals surface area contributed by atoms with E-state index in [0.717, 1.165) is 54.6 Å². The van der Waals surface area contributed by atoms with E-state index < -0.39 is 0 Å². The van der Waals surface area contributed by atoms with E-state index in [9.17, 15) is 9.59 Å². The smallest absolute Gasteiger partial charge is 0.272 e. The van der Waals surface area contributed by atoms with Crippen molar-refractivity contribution in [1.29, 1.82) is 0 Å². The van der Waals surface area contributed by atoms with Crippen LogP contribution in [0, 0.1) is 0 Å². The highest BCUT2D eigenvalue weighted by Gasteiger charge is 2.42. The second-order valence-electron chi connectivity index (χ2n) is 10.9. The van der Waals surface area contributed by atoms with Gasteiger partial charge in [0.15, 0.2) is 0 Å². The maximum Gasteiger partial charge on any atom is 0.272 e. The lowest BCUT2D eigenvalue weighted by Crippen LogP contribution is -2.51. The predicted octanol–water partition coefficient (Wildman–Crippen LogP) is 3.25. The van der Waals surface area contributed by atoms with Crippen molar-refractivity contribution < 1.29 is 14.3 Å². The van der Waals surface area contributed by atoms with Crippen LogP contribution in [0.1, 0.15) is 40.0 Å². The fourth-order valence-corrected chi connectivity index (χ4v) is 6.44. The molecule has 1 N–H and O–H groups in total. The van der Waals surface area contributed by atoms with E-state index in [1.807, 2.05) is 35.2 Å². The second kappa shape index (κ2) is 10.1. The average molecular weight is 525 g/mol. The molecule has 4 heterocycles. The molecule has 0 spiro atoms. The molecule has 1 amide bonds. The molecule has 0 saturated carbocycles. The van der Waals surface area contributed by atoms with Crippen LogP contribution in [0.15, 0.2) is 65.0 Å². The lowest BCUT2D eigenvalue weighted by Gasteiger charge is -2.37.